The van der Waals surface area contributed by atoms with Gasteiger partial charge in [-0.2, -0.15) is 14.9 Å². The highest BCUT2D eigenvalue weighted by Gasteiger charge is 2.10. The highest BCUT2D eigenvalue weighted by Crippen LogP contribution is 2.25. The molecule has 0 saturated heterocycles. The molecule has 1 aromatic heterocycles. The zero-order valence-electron chi connectivity index (χ0n) is 15.1. The van der Waals surface area contributed by atoms with E-state index in [0.29, 0.717) is 22.7 Å². The van der Waals surface area contributed by atoms with E-state index < -0.39 is 5.56 Å². The first kappa shape index (κ1) is 19.2. The maximum Gasteiger partial charge on any atom is 0.292 e. The number of methoxy groups -OCH3 is 2. The van der Waals surface area contributed by atoms with E-state index in [1.807, 2.05) is 0 Å². The summed E-state index contributed by atoms with van der Waals surface area (Å²) < 4.78 is 11.3. The fraction of sp³-hybridized carbons (Fsp3) is 0.105. The first-order chi connectivity index (χ1) is 13.5. The molecular formula is C19H17ClN4O4. The molecule has 2 aromatic carbocycles. The van der Waals surface area contributed by atoms with Crippen LogP contribution in [0.2, 0.25) is 5.02 Å². The van der Waals surface area contributed by atoms with Gasteiger partial charge in [-0.25, -0.2) is 0 Å². The predicted octanol–water partition coefficient (Wildman–Crippen LogP) is 3.05. The monoisotopic (exact) mass is 400 g/mol. The molecule has 0 aliphatic rings. The van der Waals surface area contributed by atoms with Gasteiger partial charge >= 0.3 is 0 Å². The van der Waals surface area contributed by atoms with Gasteiger partial charge in [0.25, 0.3) is 5.56 Å². The Labute approximate surface area is 165 Å². The van der Waals surface area contributed by atoms with E-state index in [2.05, 4.69) is 15.6 Å². The van der Waals surface area contributed by atoms with E-state index >= 15 is 0 Å². The van der Waals surface area contributed by atoms with Gasteiger partial charge in [0.1, 0.15) is 16.5 Å². The lowest BCUT2D eigenvalue weighted by atomic mass is 10.2. The summed E-state index contributed by atoms with van der Waals surface area (Å²) in [6, 6.07) is 11.7. The maximum absolute atomic E-state index is 12.5. The Kier molecular flexibility index (Phi) is 5.81. The third kappa shape index (κ3) is 4.07. The Bertz CT molecular complexity index is 1060. The minimum Gasteiger partial charge on any atom is -0.504 e. The molecule has 3 rings (SSSR count). The van der Waals surface area contributed by atoms with Gasteiger partial charge < -0.3 is 14.6 Å². The molecular weight excluding hydrogens is 384 g/mol. The summed E-state index contributed by atoms with van der Waals surface area (Å²) in [5.41, 5.74) is 3.62. The van der Waals surface area contributed by atoms with Crippen molar-refractivity contribution in [3.8, 4) is 22.9 Å². The number of phenols is 1. The number of ether oxygens (including phenoxy) is 2. The highest BCUT2D eigenvalue weighted by molar-refractivity contribution is 6.32. The quantitative estimate of drug-likeness (QED) is 0.487. The van der Waals surface area contributed by atoms with Crippen molar-refractivity contribution in [2.45, 2.75) is 0 Å². The minimum atomic E-state index is -0.492. The van der Waals surface area contributed by atoms with Gasteiger partial charge in [-0.3, -0.25) is 10.2 Å². The van der Waals surface area contributed by atoms with Crippen molar-refractivity contribution in [1.82, 2.24) is 9.78 Å². The van der Waals surface area contributed by atoms with Crippen LogP contribution in [0, 0.1) is 0 Å². The van der Waals surface area contributed by atoms with Crippen molar-refractivity contribution in [3.63, 3.8) is 0 Å². The van der Waals surface area contributed by atoms with Crippen molar-refractivity contribution >= 4 is 23.5 Å². The number of rotatable bonds is 6. The molecule has 3 aromatic rings. The summed E-state index contributed by atoms with van der Waals surface area (Å²) in [6.07, 6.45) is 2.86. The van der Waals surface area contributed by atoms with Gasteiger partial charge in [0, 0.05) is 0 Å². The number of anilines is 1. The molecule has 0 aliphatic heterocycles. The molecule has 0 radical (unpaired) electrons. The summed E-state index contributed by atoms with van der Waals surface area (Å²) in [5.74, 6) is 1.02. The fourth-order valence-electron chi connectivity index (χ4n) is 2.38. The van der Waals surface area contributed by atoms with E-state index in [4.69, 9.17) is 21.1 Å². The van der Waals surface area contributed by atoms with Gasteiger partial charge in [-0.05, 0) is 48.0 Å². The zero-order chi connectivity index (χ0) is 20.1. The average Bonchev–Trinajstić information content (AvgIpc) is 2.71. The SMILES string of the molecule is COc1ccc(-n2ncc(N/N=C\c3ccc(OC)c(O)c3)c(Cl)c2=O)cc1. The lowest BCUT2D eigenvalue weighted by Crippen LogP contribution is -2.22. The molecule has 0 spiro atoms. The van der Waals surface area contributed by atoms with Gasteiger partial charge in [-0.15, -0.1) is 0 Å². The Balaban J connectivity index is 1.79. The molecule has 9 heteroatoms. The first-order valence-corrected chi connectivity index (χ1v) is 8.49. The van der Waals surface area contributed by atoms with E-state index in [1.165, 1.54) is 30.3 Å². The van der Waals surface area contributed by atoms with Crippen LogP contribution in [0.5, 0.6) is 17.2 Å². The number of aromatic hydroxyl groups is 1. The fourth-order valence-corrected chi connectivity index (χ4v) is 2.55. The van der Waals surface area contributed by atoms with Crippen LogP contribution in [0.1, 0.15) is 5.56 Å². The van der Waals surface area contributed by atoms with Crippen molar-refractivity contribution in [1.29, 1.82) is 0 Å². The van der Waals surface area contributed by atoms with Crippen molar-refractivity contribution in [2.24, 2.45) is 5.10 Å². The Morgan fingerprint density at radius 1 is 1.18 bits per heavy atom. The lowest BCUT2D eigenvalue weighted by molar-refractivity contribution is 0.373. The normalized spacial score (nSPS) is 10.8. The molecule has 0 amide bonds. The number of nitrogens with zero attached hydrogens (tertiary/aromatic N) is 3. The van der Waals surface area contributed by atoms with E-state index in [-0.39, 0.29) is 16.5 Å². The zero-order valence-corrected chi connectivity index (χ0v) is 15.8. The molecule has 0 saturated carbocycles. The van der Waals surface area contributed by atoms with Crippen molar-refractivity contribution < 1.29 is 14.6 Å². The molecule has 2 N–H and O–H groups in total. The summed E-state index contributed by atoms with van der Waals surface area (Å²) >= 11 is 6.16. The summed E-state index contributed by atoms with van der Waals surface area (Å²) in [6.45, 7) is 0. The second kappa shape index (κ2) is 8.45. The van der Waals surface area contributed by atoms with Crippen LogP contribution in [-0.2, 0) is 0 Å². The Morgan fingerprint density at radius 2 is 1.93 bits per heavy atom. The molecule has 0 unspecified atom stereocenters. The van der Waals surface area contributed by atoms with Crippen LogP contribution in [0.4, 0.5) is 5.69 Å². The first-order valence-electron chi connectivity index (χ1n) is 8.12. The van der Waals surface area contributed by atoms with Crippen LogP contribution < -0.4 is 20.5 Å². The molecule has 0 fully saturated rings. The Hall–Kier alpha value is -3.52. The number of phenolic OH excluding ortho intramolecular Hbond substituents is 1. The summed E-state index contributed by atoms with van der Waals surface area (Å²) in [5, 5.41) is 17.8. The van der Waals surface area contributed by atoms with E-state index in [0.717, 1.165) is 0 Å². The van der Waals surface area contributed by atoms with Crippen LogP contribution in [0.3, 0.4) is 0 Å². The van der Waals surface area contributed by atoms with Gasteiger partial charge in [0.15, 0.2) is 11.5 Å². The van der Waals surface area contributed by atoms with E-state index in [1.54, 1.807) is 43.5 Å². The standard InChI is InChI=1S/C19H17ClN4O4/c1-27-14-6-4-13(5-7-14)24-19(26)18(20)15(11-22-24)23-21-10-12-3-8-17(28-2)16(25)9-12/h3-11,23,25H,1-2H3/b21-10-. The third-order valence-corrected chi connectivity index (χ3v) is 4.20. The number of aromatic nitrogens is 2. The number of benzene rings is 2. The highest BCUT2D eigenvalue weighted by atomic mass is 35.5. The van der Waals surface area contributed by atoms with Gasteiger partial charge in [-0.1, -0.05) is 11.6 Å². The van der Waals surface area contributed by atoms with E-state index in [9.17, 15) is 9.90 Å². The molecule has 1 heterocycles. The number of hydrazone groups is 1. The van der Waals surface area contributed by atoms with Crippen LogP contribution in [-0.4, -0.2) is 35.3 Å². The van der Waals surface area contributed by atoms with Gasteiger partial charge in [0.2, 0.25) is 0 Å². The Morgan fingerprint density at radius 3 is 2.57 bits per heavy atom. The van der Waals surface area contributed by atoms with Crippen LogP contribution >= 0.6 is 11.6 Å². The minimum absolute atomic E-state index is 0.00626. The number of nitrogens with one attached hydrogen (secondary N) is 1. The van der Waals surface area contributed by atoms with Crippen molar-refractivity contribution in [2.75, 3.05) is 19.6 Å². The summed E-state index contributed by atoms with van der Waals surface area (Å²) in [7, 11) is 3.03. The maximum atomic E-state index is 12.5. The number of halogens is 1. The van der Waals surface area contributed by atoms with Crippen molar-refractivity contribution in [3.05, 3.63) is 69.6 Å². The number of hydrogen-bond donors (Lipinski definition) is 2. The van der Waals surface area contributed by atoms with Crippen LogP contribution in [0.15, 0.2) is 58.6 Å². The van der Waals surface area contributed by atoms with Gasteiger partial charge in [0.05, 0.1) is 32.3 Å². The molecule has 0 bridgehead atoms. The average molecular weight is 401 g/mol. The lowest BCUT2D eigenvalue weighted by Gasteiger charge is -2.08. The molecule has 0 aliphatic carbocycles. The topological polar surface area (TPSA) is 98.0 Å². The second-order valence-electron chi connectivity index (χ2n) is 5.59. The number of hydrogen-bond acceptors (Lipinski definition) is 7. The second-order valence-corrected chi connectivity index (χ2v) is 5.97. The summed E-state index contributed by atoms with van der Waals surface area (Å²) in [4.78, 5) is 12.5. The largest absolute Gasteiger partial charge is 0.504 e. The van der Waals surface area contributed by atoms with Crippen LogP contribution in [0.25, 0.3) is 5.69 Å². The molecule has 28 heavy (non-hydrogen) atoms. The third-order valence-electron chi connectivity index (χ3n) is 3.84. The molecule has 144 valence electrons. The molecule has 0 atom stereocenters. The predicted molar refractivity (Wildman–Crippen MR) is 107 cm³/mol. The smallest absolute Gasteiger partial charge is 0.292 e. The molecule has 8 nitrogen and oxygen atoms in total.